The summed E-state index contributed by atoms with van der Waals surface area (Å²) >= 11 is 3.39. The Morgan fingerprint density at radius 2 is 2.00 bits per heavy atom. The number of benzene rings is 2. The number of hydrogen-bond acceptors (Lipinski definition) is 5. The van der Waals surface area contributed by atoms with E-state index in [9.17, 15) is 9.59 Å². The summed E-state index contributed by atoms with van der Waals surface area (Å²) in [4.78, 5) is 26.1. The molecule has 0 saturated carbocycles. The average Bonchev–Trinajstić information content (AvgIpc) is 2.73. The topological polar surface area (TPSA) is 77.1 Å². The van der Waals surface area contributed by atoms with E-state index < -0.39 is 0 Å². The molecule has 2 aromatic rings. The van der Waals surface area contributed by atoms with Crippen LogP contribution in [0.5, 0.6) is 17.2 Å². The number of amides is 2. The summed E-state index contributed by atoms with van der Waals surface area (Å²) in [7, 11) is 3.12. The van der Waals surface area contributed by atoms with E-state index in [-0.39, 0.29) is 18.4 Å². The van der Waals surface area contributed by atoms with Crippen LogP contribution in [-0.4, -0.2) is 50.6 Å². The van der Waals surface area contributed by atoms with E-state index in [0.717, 1.165) is 15.6 Å². The molecule has 2 aromatic carbocycles. The summed E-state index contributed by atoms with van der Waals surface area (Å²) < 4.78 is 17.5. The molecule has 0 atom stereocenters. The molecule has 30 heavy (non-hydrogen) atoms. The van der Waals surface area contributed by atoms with Crippen LogP contribution in [0.25, 0.3) is 6.08 Å². The molecular formula is C22H23BrN2O5. The van der Waals surface area contributed by atoms with Crippen LogP contribution < -0.4 is 19.5 Å². The van der Waals surface area contributed by atoms with Crippen molar-refractivity contribution >= 4 is 39.5 Å². The molecule has 3 rings (SSSR count). The van der Waals surface area contributed by atoms with Gasteiger partial charge in [-0.25, -0.2) is 0 Å². The van der Waals surface area contributed by atoms with E-state index >= 15 is 0 Å². The summed E-state index contributed by atoms with van der Waals surface area (Å²) in [5.41, 5.74) is 2.37. The quantitative estimate of drug-likeness (QED) is 0.646. The standard InChI is InChI=1S/C22H23BrN2O5/c1-14-10-16(23)5-6-17(14)24-20(26)13-25(2)21(27)7-4-15-11-18(28-3)22-19(12-15)29-8-9-30-22/h4-7,10-12H,8-9,13H2,1-3H3,(H,24,26)/b7-4+. The van der Waals surface area contributed by atoms with Gasteiger partial charge >= 0.3 is 0 Å². The van der Waals surface area contributed by atoms with Crippen LogP contribution in [0.1, 0.15) is 11.1 Å². The highest BCUT2D eigenvalue weighted by molar-refractivity contribution is 9.10. The van der Waals surface area contributed by atoms with Gasteiger partial charge in [0.05, 0.1) is 13.7 Å². The van der Waals surface area contributed by atoms with E-state index in [0.29, 0.717) is 36.1 Å². The van der Waals surface area contributed by atoms with E-state index in [1.54, 1.807) is 32.4 Å². The minimum atomic E-state index is -0.300. The van der Waals surface area contributed by atoms with Crippen molar-refractivity contribution in [1.82, 2.24) is 4.90 Å². The van der Waals surface area contributed by atoms with Gasteiger partial charge in [-0.2, -0.15) is 0 Å². The lowest BCUT2D eigenvalue weighted by molar-refractivity contribution is -0.129. The number of hydrogen-bond donors (Lipinski definition) is 1. The predicted octanol–water partition coefficient (Wildman–Crippen LogP) is 3.65. The Morgan fingerprint density at radius 3 is 2.73 bits per heavy atom. The number of carbonyl (C=O) groups is 2. The first-order valence-electron chi connectivity index (χ1n) is 9.34. The minimum Gasteiger partial charge on any atom is -0.493 e. The first-order valence-corrected chi connectivity index (χ1v) is 10.1. The summed E-state index contributed by atoms with van der Waals surface area (Å²) in [6.45, 7) is 2.75. The molecule has 0 spiro atoms. The summed E-state index contributed by atoms with van der Waals surface area (Å²) in [5.74, 6) is 1.10. The van der Waals surface area contributed by atoms with Gasteiger partial charge in [0.15, 0.2) is 11.5 Å². The van der Waals surface area contributed by atoms with Gasteiger partial charge in [0.2, 0.25) is 17.6 Å². The zero-order chi connectivity index (χ0) is 21.7. The first kappa shape index (κ1) is 21.7. The molecule has 0 bridgehead atoms. The molecule has 2 amide bonds. The molecule has 8 heteroatoms. The lowest BCUT2D eigenvalue weighted by Crippen LogP contribution is -2.34. The van der Waals surface area contributed by atoms with Crippen molar-refractivity contribution in [3.8, 4) is 17.2 Å². The number of rotatable bonds is 6. The highest BCUT2D eigenvalue weighted by Crippen LogP contribution is 2.40. The second kappa shape index (κ2) is 9.67. The fourth-order valence-corrected chi connectivity index (χ4v) is 3.41. The van der Waals surface area contributed by atoms with Crippen LogP contribution in [0.2, 0.25) is 0 Å². The highest BCUT2D eigenvalue weighted by Gasteiger charge is 2.18. The summed E-state index contributed by atoms with van der Waals surface area (Å²) in [6.07, 6.45) is 3.05. The third-order valence-corrected chi connectivity index (χ3v) is 4.98. The van der Waals surface area contributed by atoms with Crippen molar-refractivity contribution < 1.29 is 23.8 Å². The van der Waals surface area contributed by atoms with Crippen LogP contribution in [0, 0.1) is 6.92 Å². The van der Waals surface area contributed by atoms with Gasteiger partial charge in [0.25, 0.3) is 0 Å². The van der Waals surface area contributed by atoms with Gasteiger partial charge in [0.1, 0.15) is 13.2 Å². The molecule has 0 saturated heterocycles. The Hall–Kier alpha value is -3.00. The molecule has 0 unspecified atom stereocenters. The molecule has 1 aliphatic heterocycles. The van der Waals surface area contributed by atoms with Crippen molar-refractivity contribution in [3.05, 3.63) is 52.0 Å². The van der Waals surface area contributed by atoms with Gasteiger partial charge < -0.3 is 24.4 Å². The van der Waals surface area contributed by atoms with Crippen LogP contribution in [0.4, 0.5) is 5.69 Å². The number of ether oxygens (including phenoxy) is 3. The fourth-order valence-electron chi connectivity index (χ4n) is 2.93. The summed E-state index contributed by atoms with van der Waals surface area (Å²) in [5, 5.41) is 2.82. The van der Waals surface area contributed by atoms with Crippen LogP contribution >= 0.6 is 15.9 Å². The van der Waals surface area contributed by atoms with E-state index in [4.69, 9.17) is 14.2 Å². The molecule has 1 heterocycles. The van der Waals surface area contributed by atoms with Crippen molar-refractivity contribution in [2.45, 2.75) is 6.92 Å². The Bertz CT molecular complexity index is 972. The molecule has 158 valence electrons. The van der Waals surface area contributed by atoms with Crippen molar-refractivity contribution in [1.29, 1.82) is 0 Å². The van der Waals surface area contributed by atoms with Gasteiger partial charge in [-0.1, -0.05) is 15.9 Å². The largest absolute Gasteiger partial charge is 0.493 e. The van der Waals surface area contributed by atoms with Crippen molar-refractivity contribution in [2.75, 3.05) is 39.2 Å². The zero-order valence-corrected chi connectivity index (χ0v) is 18.6. The van der Waals surface area contributed by atoms with E-state index in [1.165, 1.54) is 11.0 Å². The third-order valence-electron chi connectivity index (χ3n) is 4.49. The predicted molar refractivity (Wildman–Crippen MR) is 118 cm³/mol. The molecule has 0 aliphatic carbocycles. The van der Waals surface area contributed by atoms with Crippen molar-refractivity contribution in [3.63, 3.8) is 0 Å². The zero-order valence-electron chi connectivity index (χ0n) is 17.0. The van der Waals surface area contributed by atoms with Gasteiger partial charge in [-0.15, -0.1) is 0 Å². The van der Waals surface area contributed by atoms with Crippen LogP contribution in [0.15, 0.2) is 40.9 Å². The number of likely N-dealkylation sites (N-methyl/N-ethyl adjacent to an activating group) is 1. The normalized spacial score (nSPS) is 12.5. The van der Waals surface area contributed by atoms with E-state index in [2.05, 4.69) is 21.2 Å². The Balaban J connectivity index is 1.62. The highest BCUT2D eigenvalue weighted by atomic mass is 79.9. The smallest absolute Gasteiger partial charge is 0.246 e. The minimum absolute atomic E-state index is 0.0663. The molecule has 0 aromatic heterocycles. The number of nitrogens with zero attached hydrogens (tertiary/aromatic N) is 1. The maximum absolute atomic E-state index is 12.4. The lowest BCUT2D eigenvalue weighted by atomic mass is 10.1. The first-order chi connectivity index (χ1) is 14.4. The second-order valence-corrected chi connectivity index (χ2v) is 7.70. The summed E-state index contributed by atoms with van der Waals surface area (Å²) in [6, 6.07) is 9.12. The lowest BCUT2D eigenvalue weighted by Gasteiger charge is -2.21. The Morgan fingerprint density at radius 1 is 1.23 bits per heavy atom. The molecule has 1 aliphatic rings. The number of fused-ring (bicyclic) bond motifs is 1. The Kier molecular flexibility index (Phi) is 6.99. The molecule has 0 radical (unpaired) electrons. The van der Waals surface area contributed by atoms with Gasteiger partial charge in [0, 0.05) is 23.3 Å². The fraction of sp³-hybridized carbons (Fsp3) is 0.273. The Labute approximate surface area is 183 Å². The molecule has 7 nitrogen and oxygen atoms in total. The van der Waals surface area contributed by atoms with Crippen LogP contribution in [-0.2, 0) is 9.59 Å². The van der Waals surface area contributed by atoms with Gasteiger partial charge in [-0.05, 0) is 54.5 Å². The maximum Gasteiger partial charge on any atom is 0.246 e. The monoisotopic (exact) mass is 474 g/mol. The number of anilines is 1. The van der Waals surface area contributed by atoms with Crippen molar-refractivity contribution in [2.24, 2.45) is 0 Å². The molecular weight excluding hydrogens is 452 g/mol. The maximum atomic E-state index is 12.4. The SMILES string of the molecule is COc1cc(/C=C/C(=O)N(C)CC(=O)Nc2ccc(Br)cc2C)cc2c1OCCO2. The molecule has 1 N–H and O–H groups in total. The third kappa shape index (κ3) is 5.33. The number of methoxy groups -OCH3 is 1. The van der Waals surface area contributed by atoms with Crippen LogP contribution in [0.3, 0.4) is 0 Å². The second-order valence-electron chi connectivity index (χ2n) is 6.78. The molecule has 0 fully saturated rings. The van der Waals surface area contributed by atoms with E-state index in [1.807, 2.05) is 25.1 Å². The number of carbonyl (C=O) groups excluding carboxylic acids is 2. The average molecular weight is 475 g/mol. The number of aryl methyl sites for hydroxylation is 1. The van der Waals surface area contributed by atoms with Gasteiger partial charge in [-0.3, -0.25) is 9.59 Å². The number of halogens is 1. The number of nitrogens with one attached hydrogen (secondary N) is 1.